The van der Waals surface area contributed by atoms with Crippen LogP contribution in [0.5, 0.6) is 0 Å². The number of carbonyl (C=O) groups is 2. The number of aromatic nitrogens is 2. The first-order valence-electron chi connectivity index (χ1n) is 13.7. The van der Waals surface area contributed by atoms with Crippen LogP contribution in [-0.2, 0) is 26.1 Å². The van der Waals surface area contributed by atoms with Gasteiger partial charge in [0, 0.05) is 62.7 Å². The molecular formula is C31H34N6O2S. The Labute approximate surface area is 238 Å². The van der Waals surface area contributed by atoms with E-state index < -0.39 is 0 Å². The molecule has 2 aromatic heterocycles. The molecule has 2 aromatic carbocycles. The third-order valence-electron chi connectivity index (χ3n) is 8.08. The van der Waals surface area contributed by atoms with Gasteiger partial charge in [-0.1, -0.05) is 24.3 Å². The Balaban J connectivity index is 1.29. The number of nitrogens with one attached hydrogen (secondary N) is 2. The first-order valence-corrected chi connectivity index (χ1v) is 14.5. The highest BCUT2D eigenvalue weighted by molar-refractivity contribution is 7.14. The van der Waals surface area contributed by atoms with Crippen molar-refractivity contribution >= 4 is 34.5 Å². The number of amides is 2. The van der Waals surface area contributed by atoms with Crippen LogP contribution >= 0.6 is 11.3 Å². The molecule has 2 N–H and O–H groups in total. The minimum atomic E-state index is -0.133. The van der Waals surface area contributed by atoms with Crippen LogP contribution in [-0.4, -0.2) is 48.6 Å². The van der Waals surface area contributed by atoms with E-state index in [1.165, 1.54) is 10.4 Å². The normalized spacial score (nSPS) is 14.4. The van der Waals surface area contributed by atoms with Crippen LogP contribution < -0.4 is 20.4 Å². The van der Waals surface area contributed by atoms with Gasteiger partial charge in [0.05, 0.1) is 11.4 Å². The third kappa shape index (κ3) is 4.64. The second kappa shape index (κ2) is 10.6. The van der Waals surface area contributed by atoms with Gasteiger partial charge in [0.15, 0.2) is 0 Å². The molecule has 0 atom stereocenters. The molecule has 0 saturated heterocycles. The Morgan fingerprint density at radius 1 is 0.900 bits per heavy atom. The lowest BCUT2D eigenvalue weighted by Gasteiger charge is -2.23. The molecule has 0 bridgehead atoms. The molecule has 0 radical (unpaired) electrons. The molecule has 8 nitrogen and oxygen atoms in total. The molecule has 0 unspecified atom stereocenters. The van der Waals surface area contributed by atoms with Crippen molar-refractivity contribution in [2.75, 3.05) is 37.0 Å². The summed E-state index contributed by atoms with van der Waals surface area (Å²) in [5, 5.41) is 6.68. The van der Waals surface area contributed by atoms with Gasteiger partial charge < -0.3 is 25.0 Å². The second-order valence-electron chi connectivity index (χ2n) is 10.5. The standard InChI is InChI=1S/C31H34N6O2S/c1-19-22(7-5-9-25(19)35(3)30(38)24-18-37-14-13-33-17-29(37)34-24)23-8-6-10-26(20(23)2)36(4)31(39)28-15-21-16-32-12-11-27(21)40-28/h5-10,15,18,32-33H,11-14,16-17H2,1-4H3. The highest BCUT2D eigenvalue weighted by Crippen LogP contribution is 2.37. The number of carbonyl (C=O) groups excluding carboxylic acids is 2. The Bertz CT molecular complexity index is 1450. The summed E-state index contributed by atoms with van der Waals surface area (Å²) in [6.07, 6.45) is 2.83. The van der Waals surface area contributed by atoms with Gasteiger partial charge in [0.1, 0.15) is 11.5 Å². The number of thiophene rings is 1. The number of hydrogen-bond donors (Lipinski definition) is 2. The maximum absolute atomic E-state index is 13.5. The van der Waals surface area contributed by atoms with E-state index in [0.717, 1.165) is 76.9 Å². The van der Waals surface area contributed by atoms with E-state index in [-0.39, 0.29) is 11.8 Å². The molecule has 4 heterocycles. The van der Waals surface area contributed by atoms with E-state index >= 15 is 0 Å². The zero-order chi connectivity index (χ0) is 28.0. The lowest BCUT2D eigenvalue weighted by Crippen LogP contribution is -2.28. The Morgan fingerprint density at radius 2 is 1.55 bits per heavy atom. The van der Waals surface area contributed by atoms with Gasteiger partial charge in [-0.05, 0) is 66.3 Å². The zero-order valence-corrected chi connectivity index (χ0v) is 24.2. The smallest absolute Gasteiger partial charge is 0.278 e. The van der Waals surface area contributed by atoms with Crippen molar-refractivity contribution in [1.29, 1.82) is 0 Å². The van der Waals surface area contributed by atoms with Gasteiger partial charge in [-0.15, -0.1) is 11.3 Å². The Morgan fingerprint density at radius 3 is 2.20 bits per heavy atom. The molecule has 4 aromatic rings. The fourth-order valence-electron chi connectivity index (χ4n) is 5.76. The summed E-state index contributed by atoms with van der Waals surface area (Å²) >= 11 is 1.61. The summed E-state index contributed by atoms with van der Waals surface area (Å²) in [7, 11) is 3.65. The minimum absolute atomic E-state index is 0.00779. The summed E-state index contributed by atoms with van der Waals surface area (Å²) in [6.45, 7) is 8.24. The minimum Gasteiger partial charge on any atom is -0.332 e. The van der Waals surface area contributed by atoms with Gasteiger partial charge in [-0.25, -0.2) is 4.98 Å². The van der Waals surface area contributed by atoms with Gasteiger partial charge in [-0.2, -0.15) is 0 Å². The average molecular weight is 555 g/mol. The largest absolute Gasteiger partial charge is 0.332 e. The number of fused-ring (bicyclic) bond motifs is 2. The van der Waals surface area contributed by atoms with Gasteiger partial charge in [-0.3, -0.25) is 9.59 Å². The van der Waals surface area contributed by atoms with E-state index in [9.17, 15) is 9.59 Å². The van der Waals surface area contributed by atoms with E-state index in [2.05, 4.69) is 39.2 Å². The monoisotopic (exact) mass is 554 g/mol. The molecule has 206 valence electrons. The summed E-state index contributed by atoms with van der Waals surface area (Å²) in [6, 6.07) is 14.1. The summed E-state index contributed by atoms with van der Waals surface area (Å²) < 4.78 is 2.05. The predicted octanol–water partition coefficient (Wildman–Crippen LogP) is 4.53. The van der Waals surface area contributed by atoms with Crippen molar-refractivity contribution in [3.8, 4) is 11.1 Å². The zero-order valence-electron chi connectivity index (χ0n) is 23.4. The lowest BCUT2D eigenvalue weighted by atomic mass is 9.94. The highest BCUT2D eigenvalue weighted by Gasteiger charge is 2.24. The molecule has 40 heavy (non-hydrogen) atoms. The van der Waals surface area contributed by atoms with Crippen LogP contribution in [0.4, 0.5) is 11.4 Å². The topological polar surface area (TPSA) is 82.5 Å². The number of anilines is 2. The lowest BCUT2D eigenvalue weighted by molar-refractivity contribution is 0.0984. The first kappa shape index (κ1) is 26.4. The molecule has 6 rings (SSSR count). The van der Waals surface area contributed by atoms with E-state index in [1.807, 2.05) is 50.5 Å². The third-order valence-corrected chi connectivity index (χ3v) is 9.30. The molecule has 0 spiro atoms. The number of rotatable bonds is 5. The molecule has 2 amide bonds. The molecule has 0 fully saturated rings. The van der Waals surface area contributed by atoms with Crippen LogP contribution in [0.15, 0.2) is 48.7 Å². The van der Waals surface area contributed by atoms with Crippen molar-refractivity contribution < 1.29 is 9.59 Å². The summed E-state index contributed by atoms with van der Waals surface area (Å²) in [4.78, 5) is 37.1. The predicted molar refractivity (Wildman–Crippen MR) is 160 cm³/mol. The van der Waals surface area contributed by atoms with E-state index in [0.29, 0.717) is 12.2 Å². The maximum Gasteiger partial charge on any atom is 0.278 e. The number of imidazole rings is 1. The van der Waals surface area contributed by atoms with Gasteiger partial charge >= 0.3 is 0 Å². The van der Waals surface area contributed by atoms with Crippen molar-refractivity contribution in [3.05, 3.63) is 86.6 Å². The SMILES string of the molecule is Cc1c(-c2cccc(N(C)C(=O)c3cc4c(s3)CCNC4)c2C)cccc1N(C)C(=O)c1cn2c(n1)CNCC2. The molecule has 2 aliphatic rings. The average Bonchev–Trinajstić information content (AvgIpc) is 3.61. The van der Waals surface area contributed by atoms with Crippen LogP contribution in [0.2, 0.25) is 0 Å². The maximum atomic E-state index is 13.5. The van der Waals surface area contributed by atoms with Crippen molar-refractivity contribution in [2.24, 2.45) is 0 Å². The van der Waals surface area contributed by atoms with Crippen LogP contribution in [0.3, 0.4) is 0 Å². The fourth-order valence-corrected chi connectivity index (χ4v) is 6.92. The molecule has 0 saturated carbocycles. The molecule has 0 aliphatic carbocycles. The highest BCUT2D eigenvalue weighted by atomic mass is 32.1. The van der Waals surface area contributed by atoms with Gasteiger partial charge in [0.25, 0.3) is 11.8 Å². The van der Waals surface area contributed by atoms with Crippen LogP contribution in [0.1, 0.15) is 47.6 Å². The van der Waals surface area contributed by atoms with Crippen LogP contribution in [0.25, 0.3) is 11.1 Å². The number of nitrogens with zero attached hydrogens (tertiary/aromatic N) is 4. The molecule has 2 aliphatic heterocycles. The quantitative estimate of drug-likeness (QED) is 0.379. The number of hydrogen-bond acceptors (Lipinski definition) is 6. The Kier molecular flexibility index (Phi) is 7.04. The molecular weight excluding hydrogens is 520 g/mol. The summed E-state index contributed by atoms with van der Waals surface area (Å²) in [5.74, 6) is 0.763. The fraction of sp³-hybridized carbons (Fsp3) is 0.323. The van der Waals surface area contributed by atoms with Crippen LogP contribution in [0, 0.1) is 13.8 Å². The van der Waals surface area contributed by atoms with Crippen molar-refractivity contribution in [3.63, 3.8) is 0 Å². The second-order valence-corrected chi connectivity index (χ2v) is 11.7. The number of benzene rings is 2. The summed E-state index contributed by atoms with van der Waals surface area (Å²) in [5.41, 5.74) is 7.48. The van der Waals surface area contributed by atoms with E-state index in [4.69, 9.17) is 0 Å². The van der Waals surface area contributed by atoms with Gasteiger partial charge in [0.2, 0.25) is 0 Å². The van der Waals surface area contributed by atoms with Crippen molar-refractivity contribution in [2.45, 2.75) is 39.9 Å². The van der Waals surface area contributed by atoms with Crippen molar-refractivity contribution in [1.82, 2.24) is 20.2 Å². The Hall–Kier alpha value is -3.79. The first-order chi connectivity index (χ1) is 19.3. The van der Waals surface area contributed by atoms with E-state index in [1.54, 1.807) is 28.2 Å². The molecule has 9 heteroatoms.